The highest BCUT2D eigenvalue weighted by Crippen LogP contribution is 2.33. The van der Waals surface area contributed by atoms with Crippen LogP contribution in [0.15, 0.2) is 34.8 Å². The molecule has 0 aliphatic heterocycles. The monoisotopic (exact) mass is 269 g/mol. The van der Waals surface area contributed by atoms with Crippen molar-refractivity contribution >= 4 is 37.4 Å². The van der Waals surface area contributed by atoms with E-state index in [1.165, 1.54) is 0 Å². The normalized spacial score (nSPS) is 10.4. The molecule has 0 aliphatic rings. The maximum absolute atomic E-state index is 5.44. The van der Waals surface area contributed by atoms with Gasteiger partial charge in [-0.25, -0.2) is 4.98 Å². The largest absolute Gasteiger partial charge is 0.472 e. The lowest BCUT2D eigenvalue weighted by Crippen LogP contribution is -1.95. The molecule has 2 aromatic heterocycles. The Hall–Kier alpha value is -0.870. The summed E-state index contributed by atoms with van der Waals surface area (Å²) in [6, 6.07) is 2.05. The quantitative estimate of drug-likeness (QED) is 0.794. The van der Waals surface area contributed by atoms with Gasteiger partial charge < -0.3 is 4.74 Å². The molecule has 0 amide bonds. The summed E-state index contributed by atoms with van der Waals surface area (Å²) < 4.78 is 7.51. The molecule has 0 N–H and O–H groups in total. The summed E-state index contributed by atoms with van der Waals surface area (Å²) in [5.74, 6) is 0.679. The van der Waals surface area contributed by atoms with Gasteiger partial charge in [0.05, 0.1) is 4.70 Å². The number of fused-ring (bicyclic) bond motifs is 1. The Morgan fingerprint density at radius 3 is 3.29 bits per heavy atom. The Bertz CT molecular complexity index is 466. The number of nitrogens with zero attached hydrogens (tertiary/aromatic N) is 1. The van der Waals surface area contributed by atoms with Crippen LogP contribution in [0.2, 0.25) is 0 Å². The summed E-state index contributed by atoms with van der Waals surface area (Å²) in [5.41, 5.74) is 0. The Kier molecular flexibility index (Phi) is 2.84. The van der Waals surface area contributed by atoms with E-state index in [1.54, 1.807) is 23.6 Å². The van der Waals surface area contributed by atoms with Crippen LogP contribution in [0.3, 0.4) is 0 Å². The zero-order valence-electron chi connectivity index (χ0n) is 7.37. The molecule has 0 radical (unpaired) electrons. The average molecular weight is 270 g/mol. The first-order valence-electron chi connectivity index (χ1n) is 4.08. The van der Waals surface area contributed by atoms with Gasteiger partial charge in [-0.3, -0.25) is 0 Å². The van der Waals surface area contributed by atoms with Crippen molar-refractivity contribution in [1.29, 1.82) is 0 Å². The first-order chi connectivity index (χ1) is 6.83. The van der Waals surface area contributed by atoms with Crippen LogP contribution in [-0.2, 0) is 0 Å². The third-order valence-electron chi connectivity index (χ3n) is 1.75. The molecule has 0 atom stereocenters. The third-order valence-corrected chi connectivity index (χ3v) is 3.28. The molecule has 14 heavy (non-hydrogen) atoms. The van der Waals surface area contributed by atoms with Gasteiger partial charge in [-0.2, -0.15) is 0 Å². The summed E-state index contributed by atoms with van der Waals surface area (Å²) in [6.07, 6.45) is 3.47. The molecule has 0 saturated carbocycles. The second kappa shape index (κ2) is 4.11. The first kappa shape index (κ1) is 9.68. The van der Waals surface area contributed by atoms with Gasteiger partial charge in [0.15, 0.2) is 0 Å². The van der Waals surface area contributed by atoms with E-state index >= 15 is 0 Å². The number of hydrogen-bond acceptors (Lipinski definition) is 3. The maximum Gasteiger partial charge on any atom is 0.232 e. The van der Waals surface area contributed by atoms with Crippen LogP contribution in [0.25, 0.3) is 10.1 Å². The molecule has 0 fully saturated rings. The fourth-order valence-corrected chi connectivity index (χ4v) is 2.57. The molecule has 2 rings (SSSR count). The van der Waals surface area contributed by atoms with Crippen LogP contribution in [-0.4, -0.2) is 11.6 Å². The average Bonchev–Trinajstić information content (AvgIpc) is 2.66. The fourth-order valence-electron chi connectivity index (χ4n) is 1.15. The van der Waals surface area contributed by atoms with Gasteiger partial charge in [0, 0.05) is 16.1 Å². The van der Waals surface area contributed by atoms with E-state index in [1.807, 2.05) is 11.4 Å². The Morgan fingerprint density at radius 1 is 1.64 bits per heavy atom. The van der Waals surface area contributed by atoms with E-state index < -0.39 is 0 Å². The molecule has 72 valence electrons. The van der Waals surface area contributed by atoms with Crippen LogP contribution in [0, 0.1) is 0 Å². The molecule has 0 aromatic carbocycles. The minimum atomic E-state index is 0.488. The second-order valence-electron chi connectivity index (χ2n) is 2.67. The lowest BCUT2D eigenvalue weighted by Gasteiger charge is -2.03. The summed E-state index contributed by atoms with van der Waals surface area (Å²) in [5, 5.41) is 3.17. The maximum atomic E-state index is 5.44. The van der Waals surface area contributed by atoms with E-state index in [2.05, 4.69) is 27.5 Å². The van der Waals surface area contributed by atoms with Crippen molar-refractivity contribution in [3.63, 3.8) is 0 Å². The van der Waals surface area contributed by atoms with E-state index in [-0.39, 0.29) is 0 Å². The molecular weight excluding hydrogens is 262 g/mol. The summed E-state index contributed by atoms with van der Waals surface area (Å²) in [7, 11) is 0. The highest BCUT2D eigenvalue weighted by molar-refractivity contribution is 9.10. The number of rotatable bonds is 3. The van der Waals surface area contributed by atoms with Crippen molar-refractivity contribution < 1.29 is 4.74 Å². The number of aromatic nitrogens is 1. The Balaban J connectivity index is 2.49. The van der Waals surface area contributed by atoms with E-state index in [9.17, 15) is 0 Å². The van der Waals surface area contributed by atoms with Gasteiger partial charge in [-0.05, 0) is 27.4 Å². The number of thiophene rings is 1. The van der Waals surface area contributed by atoms with Gasteiger partial charge in [0.2, 0.25) is 5.88 Å². The van der Waals surface area contributed by atoms with Crippen molar-refractivity contribution in [3.05, 3.63) is 34.8 Å². The summed E-state index contributed by atoms with van der Waals surface area (Å²) in [4.78, 5) is 4.21. The topological polar surface area (TPSA) is 22.1 Å². The molecule has 2 heterocycles. The van der Waals surface area contributed by atoms with E-state index in [0.717, 1.165) is 14.6 Å². The SMILES string of the molecule is C=CCOc1ncc(Br)c2ccsc12. The van der Waals surface area contributed by atoms with Gasteiger partial charge in [0.25, 0.3) is 0 Å². The molecular formula is C10H8BrNOS. The molecule has 0 saturated heterocycles. The summed E-state index contributed by atoms with van der Waals surface area (Å²) in [6.45, 7) is 4.09. The molecule has 2 nitrogen and oxygen atoms in total. The zero-order chi connectivity index (χ0) is 9.97. The van der Waals surface area contributed by atoms with Crippen LogP contribution in [0.1, 0.15) is 0 Å². The lowest BCUT2D eigenvalue weighted by atomic mass is 10.3. The smallest absolute Gasteiger partial charge is 0.232 e. The zero-order valence-corrected chi connectivity index (χ0v) is 9.77. The predicted molar refractivity (Wildman–Crippen MR) is 63.0 cm³/mol. The first-order valence-corrected chi connectivity index (χ1v) is 5.75. The van der Waals surface area contributed by atoms with Crippen molar-refractivity contribution in [1.82, 2.24) is 4.98 Å². The molecule has 0 spiro atoms. The lowest BCUT2D eigenvalue weighted by molar-refractivity contribution is 0.354. The van der Waals surface area contributed by atoms with Crippen molar-refractivity contribution in [2.75, 3.05) is 6.61 Å². The Morgan fingerprint density at radius 2 is 2.50 bits per heavy atom. The van der Waals surface area contributed by atoms with Gasteiger partial charge in [-0.1, -0.05) is 12.7 Å². The van der Waals surface area contributed by atoms with Gasteiger partial charge in [0.1, 0.15) is 6.61 Å². The highest BCUT2D eigenvalue weighted by atomic mass is 79.9. The predicted octanol–water partition coefficient (Wildman–Crippen LogP) is 3.62. The third kappa shape index (κ3) is 1.67. The summed E-state index contributed by atoms with van der Waals surface area (Å²) >= 11 is 5.07. The Labute approximate surface area is 94.4 Å². The van der Waals surface area contributed by atoms with Crippen molar-refractivity contribution in [2.24, 2.45) is 0 Å². The van der Waals surface area contributed by atoms with Crippen molar-refractivity contribution in [2.45, 2.75) is 0 Å². The van der Waals surface area contributed by atoms with Gasteiger partial charge in [-0.15, -0.1) is 11.3 Å². The number of hydrogen-bond donors (Lipinski definition) is 0. The fraction of sp³-hybridized carbons (Fsp3) is 0.100. The number of pyridine rings is 1. The molecule has 4 heteroatoms. The van der Waals surface area contributed by atoms with Crippen molar-refractivity contribution in [3.8, 4) is 5.88 Å². The standard InChI is InChI=1S/C10H8BrNOS/c1-2-4-13-10-9-7(3-5-14-9)8(11)6-12-10/h2-3,5-6H,1,4H2. The molecule has 0 aliphatic carbocycles. The number of halogens is 1. The van der Waals surface area contributed by atoms with E-state index in [0.29, 0.717) is 12.5 Å². The van der Waals surface area contributed by atoms with E-state index in [4.69, 9.17) is 4.74 Å². The van der Waals surface area contributed by atoms with Crippen LogP contribution < -0.4 is 4.74 Å². The van der Waals surface area contributed by atoms with Crippen LogP contribution in [0.4, 0.5) is 0 Å². The minimum Gasteiger partial charge on any atom is -0.472 e. The molecule has 0 unspecified atom stereocenters. The molecule has 0 bridgehead atoms. The second-order valence-corrected chi connectivity index (χ2v) is 4.44. The minimum absolute atomic E-state index is 0.488. The number of ether oxygens (including phenoxy) is 1. The van der Waals surface area contributed by atoms with Gasteiger partial charge >= 0.3 is 0 Å². The van der Waals surface area contributed by atoms with Crippen LogP contribution in [0.5, 0.6) is 5.88 Å². The van der Waals surface area contributed by atoms with Crippen LogP contribution >= 0.6 is 27.3 Å². The molecule has 2 aromatic rings. The highest BCUT2D eigenvalue weighted by Gasteiger charge is 2.07.